The quantitative estimate of drug-likeness (QED) is 0.715. The van der Waals surface area contributed by atoms with Crippen molar-refractivity contribution < 1.29 is 4.79 Å². The molecule has 0 bridgehead atoms. The van der Waals surface area contributed by atoms with Crippen LogP contribution in [0, 0.1) is 0 Å². The molecular weight excluding hydrogens is 194 g/mol. The minimum absolute atomic E-state index is 0.0494. The van der Waals surface area contributed by atoms with Crippen LogP contribution >= 0.6 is 0 Å². The molecule has 1 amide bonds. The minimum Gasteiger partial charge on any atom is -0.341 e. The molecule has 6 heteroatoms. The van der Waals surface area contributed by atoms with Crippen LogP contribution in [0.5, 0.6) is 0 Å². The summed E-state index contributed by atoms with van der Waals surface area (Å²) in [7, 11) is 0. The van der Waals surface area contributed by atoms with Gasteiger partial charge in [0, 0.05) is 0 Å². The monoisotopic (exact) mass is 209 g/mol. The Morgan fingerprint density at radius 2 is 2.07 bits per heavy atom. The summed E-state index contributed by atoms with van der Waals surface area (Å²) in [4.78, 5) is 11.9. The lowest BCUT2D eigenvalue weighted by Crippen LogP contribution is -2.59. The van der Waals surface area contributed by atoms with Crippen molar-refractivity contribution in [3.8, 4) is 0 Å². The average molecular weight is 209 g/mol. The molecule has 2 rings (SSSR count). The van der Waals surface area contributed by atoms with Gasteiger partial charge in [-0.2, -0.15) is 0 Å². The second kappa shape index (κ2) is 2.77. The third-order valence-corrected chi connectivity index (χ3v) is 3.14. The van der Waals surface area contributed by atoms with Crippen molar-refractivity contribution in [2.24, 2.45) is 0 Å². The van der Waals surface area contributed by atoms with Gasteiger partial charge in [0.1, 0.15) is 5.54 Å². The summed E-state index contributed by atoms with van der Waals surface area (Å²) in [6.45, 7) is 7.54. The second-order valence-corrected chi connectivity index (χ2v) is 4.61. The largest absolute Gasteiger partial charge is 0.341 e. The summed E-state index contributed by atoms with van der Waals surface area (Å²) in [6.07, 6.45) is 0.759. The highest BCUT2D eigenvalue weighted by Crippen LogP contribution is 2.31. The van der Waals surface area contributed by atoms with E-state index in [1.165, 1.54) is 0 Å². The molecule has 1 atom stereocenters. The van der Waals surface area contributed by atoms with Crippen molar-refractivity contribution >= 4 is 5.91 Å². The van der Waals surface area contributed by atoms with Gasteiger partial charge in [-0.3, -0.25) is 4.79 Å². The average Bonchev–Trinajstić information content (AvgIpc) is 2.65. The zero-order valence-corrected chi connectivity index (χ0v) is 9.40. The number of fused-ring (bicyclic) bond motifs is 1. The third kappa shape index (κ3) is 1.17. The molecule has 1 aromatic rings. The van der Waals surface area contributed by atoms with E-state index < -0.39 is 11.1 Å². The first-order chi connectivity index (χ1) is 6.92. The fourth-order valence-electron chi connectivity index (χ4n) is 1.71. The minimum atomic E-state index is -0.715. The van der Waals surface area contributed by atoms with Crippen molar-refractivity contribution in [2.45, 2.75) is 45.2 Å². The van der Waals surface area contributed by atoms with Crippen LogP contribution in [0.2, 0.25) is 0 Å². The van der Waals surface area contributed by atoms with Crippen LogP contribution in [0.4, 0.5) is 0 Å². The van der Waals surface area contributed by atoms with Crippen molar-refractivity contribution in [3.05, 3.63) is 5.82 Å². The molecule has 6 nitrogen and oxygen atoms in total. The van der Waals surface area contributed by atoms with Gasteiger partial charge in [-0.1, -0.05) is 6.92 Å². The van der Waals surface area contributed by atoms with Crippen molar-refractivity contribution in [1.29, 1.82) is 0 Å². The molecule has 0 unspecified atom stereocenters. The van der Waals surface area contributed by atoms with Crippen LogP contribution in [-0.2, 0) is 15.9 Å². The Morgan fingerprint density at radius 3 is 2.67 bits per heavy atom. The van der Waals surface area contributed by atoms with Gasteiger partial charge in [-0.05, 0) is 37.6 Å². The molecule has 1 aliphatic heterocycles. The van der Waals surface area contributed by atoms with E-state index in [1.54, 1.807) is 18.5 Å². The first-order valence-corrected chi connectivity index (χ1v) is 5.04. The molecule has 15 heavy (non-hydrogen) atoms. The molecule has 0 aliphatic carbocycles. The number of hydrogen-bond donors (Lipinski definition) is 1. The lowest BCUT2D eigenvalue weighted by atomic mass is 9.90. The number of rotatable bonds is 1. The van der Waals surface area contributed by atoms with Gasteiger partial charge in [-0.15, -0.1) is 5.10 Å². The van der Waals surface area contributed by atoms with E-state index in [1.807, 2.05) is 13.8 Å². The van der Waals surface area contributed by atoms with Gasteiger partial charge < -0.3 is 5.32 Å². The van der Waals surface area contributed by atoms with Crippen molar-refractivity contribution in [2.75, 3.05) is 0 Å². The number of nitrogens with zero attached hydrogens (tertiary/aromatic N) is 4. The number of aromatic nitrogens is 4. The molecule has 0 aromatic carbocycles. The van der Waals surface area contributed by atoms with E-state index in [9.17, 15) is 4.79 Å². The first kappa shape index (κ1) is 10.1. The number of tetrazole rings is 1. The Kier molecular flexibility index (Phi) is 1.86. The maximum absolute atomic E-state index is 11.9. The third-order valence-electron chi connectivity index (χ3n) is 3.14. The van der Waals surface area contributed by atoms with E-state index in [2.05, 4.69) is 20.8 Å². The fourth-order valence-corrected chi connectivity index (χ4v) is 1.71. The molecule has 0 radical (unpaired) electrons. The predicted molar refractivity (Wildman–Crippen MR) is 52.9 cm³/mol. The van der Waals surface area contributed by atoms with E-state index in [0.717, 1.165) is 12.2 Å². The molecule has 1 N–H and O–H groups in total. The topological polar surface area (TPSA) is 72.7 Å². The SMILES string of the molecule is CC[C@]1(C)NC(=O)C(C)(C)n2nnnc21. The summed E-state index contributed by atoms with van der Waals surface area (Å²) in [5, 5.41) is 14.5. The lowest BCUT2D eigenvalue weighted by Gasteiger charge is -2.39. The van der Waals surface area contributed by atoms with E-state index in [0.29, 0.717) is 0 Å². The summed E-state index contributed by atoms with van der Waals surface area (Å²) < 4.78 is 1.61. The van der Waals surface area contributed by atoms with Crippen LogP contribution in [0.15, 0.2) is 0 Å². The van der Waals surface area contributed by atoms with Gasteiger partial charge in [0.25, 0.3) is 0 Å². The number of hydrogen-bond acceptors (Lipinski definition) is 4. The first-order valence-electron chi connectivity index (χ1n) is 5.04. The molecule has 82 valence electrons. The maximum atomic E-state index is 11.9. The normalized spacial score (nSPS) is 28.4. The van der Waals surface area contributed by atoms with Crippen molar-refractivity contribution in [1.82, 2.24) is 25.5 Å². The molecule has 0 spiro atoms. The Hall–Kier alpha value is -1.46. The Morgan fingerprint density at radius 1 is 1.40 bits per heavy atom. The number of carbonyl (C=O) groups excluding carboxylic acids is 1. The highest BCUT2D eigenvalue weighted by molar-refractivity contribution is 5.85. The molecule has 0 saturated carbocycles. The number of nitrogens with one attached hydrogen (secondary N) is 1. The molecule has 2 heterocycles. The van der Waals surface area contributed by atoms with Crippen LogP contribution in [0.25, 0.3) is 0 Å². The van der Waals surface area contributed by atoms with E-state index in [4.69, 9.17) is 0 Å². The van der Waals surface area contributed by atoms with Gasteiger partial charge in [0.2, 0.25) is 5.91 Å². The molecule has 0 saturated heterocycles. The predicted octanol–water partition coefficient (Wildman–Crippen LogP) is 0.163. The van der Waals surface area contributed by atoms with Gasteiger partial charge in [0.05, 0.1) is 5.54 Å². The molecule has 0 fully saturated rings. The lowest BCUT2D eigenvalue weighted by molar-refractivity contribution is -0.133. The summed E-state index contributed by atoms with van der Waals surface area (Å²) >= 11 is 0. The number of carbonyl (C=O) groups is 1. The standard InChI is InChI=1S/C9H15N5O/c1-5-9(4)6-11-12-13-14(6)8(2,3)7(15)10-9/h5H2,1-4H3,(H,10,15)/t9-/m0/s1. The van der Waals surface area contributed by atoms with Crippen LogP contribution < -0.4 is 5.32 Å². The highest BCUT2D eigenvalue weighted by atomic mass is 16.2. The van der Waals surface area contributed by atoms with Gasteiger partial charge in [0.15, 0.2) is 5.82 Å². The summed E-state index contributed by atoms with van der Waals surface area (Å²) in [5.74, 6) is 0.668. The number of amides is 1. The fraction of sp³-hybridized carbons (Fsp3) is 0.778. The van der Waals surface area contributed by atoms with Crippen molar-refractivity contribution in [3.63, 3.8) is 0 Å². The smallest absolute Gasteiger partial charge is 0.248 e. The Bertz CT molecular complexity index is 410. The Labute approximate surface area is 88.0 Å². The summed E-state index contributed by atoms with van der Waals surface area (Å²) in [6, 6.07) is 0. The second-order valence-electron chi connectivity index (χ2n) is 4.61. The highest BCUT2D eigenvalue weighted by Gasteiger charge is 2.46. The van der Waals surface area contributed by atoms with Gasteiger partial charge in [-0.25, -0.2) is 4.68 Å². The maximum Gasteiger partial charge on any atom is 0.248 e. The van der Waals surface area contributed by atoms with Crippen LogP contribution in [0.3, 0.4) is 0 Å². The molecular formula is C9H15N5O. The molecule has 1 aromatic heterocycles. The zero-order chi connectivity index (χ0) is 11.3. The van der Waals surface area contributed by atoms with Crippen LogP contribution in [-0.4, -0.2) is 26.1 Å². The van der Waals surface area contributed by atoms with Gasteiger partial charge >= 0.3 is 0 Å². The van der Waals surface area contributed by atoms with E-state index in [-0.39, 0.29) is 5.91 Å². The van der Waals surface area contributed by atoms with Crippen LogP contribution in [0.1, 0.15) is 39.9 Å². The summed E-state index contributed by atoms with van der Waals surface area (Å²) in [5.41, 5.74) is -1.18. The van der Waals surface area contributed by atoms with E-state index >= 15 is 0 Å². The molecule has 1 aliphatic rings. The Balaban J connectivity index is 2.62. The zero-order valence-electron chi connectivity index (χ0n) is 9.40.